The summed E-state index contributed by atoms with van der Waals surface area (Å²) < 4.78 is 10.9. The monoisotopic (exact) mass is 556 g/mol. The van der Waals surface area contributed by atoms with Crippen LogP contribution >= 0.6 is 22.9 Å². The number of aromatic nitrogens is 1. The standard InChI is InChI=1S/C31H25ClN2O4S/c1-3-37-22-15-11-20(12-16-22)27-17-24(23-7-5-6-8-26(23)33-27)29(35)34-30-28(31(36)38-4-2)25(18-39-30)19-9-13-21(32)14-10-19/h5-18H,3-4H2,1-2H3,(H,34,35). The van der Waals surface area contributed by atoms with E-state index in [4.69, 9.17) is 26.1 Å². The number of pyridine rings is 1. The second-order valence-electron chi connectivity index (χ2n) is 8.56. The lowest BCUT2D eigenvalue weighted by Crippen LogP contribution is -2.15. The van der Waals surface area contributed by atoms with Gasteiger partial charge >= 0.3 is 5.97 Å². The van der Waals surface area contributed by atoms with Crippen LogP contribution in [0.15, 0.2) is 84.2 Å². The van der Waals surface area contributed by atoms with Crippen molar-refractivity contribution in [1.29, 1.82) is 0 Å². The Morgan fingerprint density at radius 3 is 2.36 bits per heavy atom. The molecule has 0 spiro atoms. The third-order valence-electron chi connectivity index (χ3n) is 6.07. The summed E-state index contributed by atoms with van der Waals surface area (Å²) in [5.74, 6) is -0.0924. The lowest BCUT2D eigenvalue weighted by atomic mass is 10.0. The Bertz CT molecular complexity index is 1650. The highest BCUT2D eigenvalue weighted by Crippen LogP contribution is 2.37. The molecule has 3 aromatic carbocycles. The molecule has 2 aromatic heterocycles. The molecular formula is C31H25ClN2O4S. The van der Waals surface area contributed by atoms with Gasteiger partial charge in [-0.15, -0.1) is 11.3 Å². The van der Waals surface area contributed by atoms with E-state index in [-0.39, 0.29) is 12.5 Å². The Morgan fingerprint density at radius 2 is 1.64 bits per heavy atom. The molecule has 0 aliphatic rings. The van der Waals surface area contributed by atoms with E-state index in [1.54, 1.807) is 25.1 Å². The highest BCUT2D eigenvalue weighted by atomic mass is 35.5. The van der Waals surface area contributed by atoms with Gasteiger partial charge in [0.05, 0.1) is 30.0 Å². The van der Waals surface area contributed by atoms with Gasteiger partial charge in [-0.2, -0.15) is 0 Å². The number of carbonyl (C=O) groups is 2. The van der Waals surface area contributed by atoms with Crippen LogP contribution in [0.25, 0.3) is 33.3 Å². The molecular weight excluding hydrogens is 532 g/mol. The van der Waals surface area contributed by atoms with E-state index in [9.17, 15) is 9.59 Å². The topological polar surface area (TPSA) is 77.5 Å². The van der Waals surface area contributed by atoms with Crippen molar-refractivity contribution >= 4 is 50.7 Å². The number of thiophene rings is 1. The minimum absolute atomic E-state index is 0.211. The number of hydrogen-bond donors (Lipinski definition) is 1. The van der Waals surface area contributed by atoms with Crippen LogP contribution in [0.4, 0.5) is 5.00 Å². The van der Waals surface area contributed by atoms with Crippen LogP contribution in [0.2, 0.25) is 5.02 Å². The van der Waals surface area contributed by atoms with Crippen molar-refractivity contribution in [3.63, 3.8) is 0 Å². The first kappa shape index (κ1) is 26.4. The summed E-state index contributed by atoms with van der Waals surface area (Å²) in [5, 5.41) is 6.51. The number of amides is 1. The van der Waals surface area contributed by atoms with Crippen molar-refractivity contribution in [2.45, 2.75) is 13.8 Å². The maximum atomic E-state index is 13.8. The number of esters is 1. The number of nitrogens with one attached hydrogen (secondary N) is 1. The summed E-state index contributed by atoms with van der Waals surface area (Å²) in [6.07, 6.45) is 0. The summed E-state index contributed by atoms with van der Waals surface area (Å²) in [7, 11) is 0. The van der Waals surface area contributed by atoms with Crippen LogP contribution in [-0.4, -0.2) is 30.1 Å². The smallest absolute Gasteiger partial charge is 0.341 e. The SMILES string of the molecule is CCOC(=O)c1c(-c2ccc(Cl)cc2)csc1NC(=O)c1cc(-c2ccc(OCC)cc2)nc2ccccc12. The summed E-state index contributed by atoms with van der Waals surface area (Å²) >= 11 is 7.33. The minimum atomic E-state index is -0.506. The maximum absolute atomic E-state index is 13.8. The Morgan fingerprint density at radius 1 is 0.923 bits per heavy atom. The van der Waals surface area contributed by atoms with Gasteiger partial charge in [0.15, 0.2) is 0 Å². The number of rotatable bonds is 8. The zero-order chi connectivity index (χ0) is 27.4. The van der Waals surface area contributed by atoms with Gasteiger partial charge < -0.3 is 14.8 Å². The predicted octanol–water partition coefficient (Wildman–Crippen LogP) is 8.11. The maximum Gasteiger partial charge on any atom is 0.341 e. The molecule has 1 N–H and O–H groups in total. The molecule has 2 heterocycles. The molecule has 8 heteroatoms. The minimum Gasteiger partial charge on any atom is -0.494 e. The molecule has 6 nitrogen and oxygen atoms in total. The molecule has 0 unspecified atom stereocenters. The average molecular weight is 557 g/mol. The molecule has 0 aliphatic heterocycles. The molecule has 196 valence electrons. The number of fused-ring (bicyclic) bond motifs is 1. The lowest BCUT2D eigenvalue weighted by Gasteiger charge is -2.12. The van der Waals surface area contributed by atoms with Crippen LogP contribution in [0.1, 0.15) is 34.6 Å². The highest BCUT2D eigenvalue weighted by molar-refractivity contribution is 7.15. The first-order valence-corrected chi connectivity index (χ1v) is 13.7. The predicted molar refractivity (Wildman–Crippen MR) is 157 cm³/mol. The molecule has 5 aromatic rings. The number of benzene rings is 3. The van der Waals surface area contributed by atoms with E-state index in [0.29, 0.717) is 49.9 Å². The number of halogens is 1. The Hall–Kier alpha value is -4.20. The zero-order valence-corrected chi connectivity index (χ0v) is 22.9. The van der Waals surface area contributed by atoms with Crippen molar-refractivity contribution in [3.8, 4) is 28.1 Å². The summed E-state index contributed by atoms with van der Waals surface area (Å²) in [4.78, 5) is 31.6. The van der Waals surface area contributed by atoms with Gasteiger partial charge in [-0.3, -0.25) is 4.79 Å². The van der Waals surface area contributed by atoms with E-state index in [1.807, 2.05) is 73.0 Å². The number of carbonyl (C=O) groups excluding carboxylic acids is 2. The van der Waals surface area contributed by atoms with Crippen LogP contribution in [0, 0.1) is 0 Å². The summed E-state index contributed by atoms with van der Waals surface area (Å²) in [6.45, 7) is 4.47. The number of para-hydroxylation sites is 1. The molecule has 1 amide bonds. The van der Waals surface area contributed by atoms with Crippen molar-refractivity contribution in [3.05, 3.63) is 100 Å². The number of anilines is 1. The molecule has 0 atom stereocenters. The lowest BCUT2D eigenvalue weighted by molar-refractivity contribution is 0.0529. The first-order chi connectivity index (χ1) is 19.0. The molecule has 5 rings (SSSR count). The molecule has 0 fully saturated rings. The van der Waals surface area contributed by atoms with E-state index >= 15 is 0 Å². The third-order valence-corrected chi connectivity index (χ3v) is 7.22. The zero-order valence-electron chi connectivity index (χ0n) is 21.4. The van der Waals surface area contributed by atoms with Crippen molar-refractivity contribution in [2.75, 3.05) is 18.5 Å². The van der Waals surface area contributed by atoms with E-state index in [2.05, 4.69) is 5.32 Å². The largest absolute Gasteiger partial charge is 0.494 e. The van der Waals surface area contributed by atoms with Crippen LogP contribution in [-0.2, 0) is 4.74 Å². The van der Waals surface area contributed by atoms with Crippen molar-refractivity contribution in [1.82, 2.24) is 4.98 Å². The number of nitrogens with zero attached hydrogens (tertiary/aromatic N) is 1. The third kappa shape index (κ3) is 5.65. The van der Waals surface area contributed by atoms with Crippen molar-refractivity contribution < 1.29 is 19.1 Å². The molecule has 39 heavy (non-hydrogen) atoms. The quantitative estimate of drug-likeness (QED) is 0.195. The number of hydrogen-bond acceptors (Lipinski definition) is 6. The molecule has 0 saturated carbocycles. The molecule has 0 bridgehead atoms. The Labute approximate surface area is 235 Å². The van der Waals surface area contributed by atoms with Crippen LogP contribution in [0.3, 0.4) is 0 Å². The van der Waals surface area contributed by atoms with Gasteiger partial charge in [-0.05, 0) is 67.9 Å². The molecule has 0 radical (unpaired) electrons. The van der Waals surface area contributed by atoms with E-state index < -0.39 is 5.97 Å². The Kier molecular flexibility index (Phi) is 7.91. The fourth-order valence-electron chi connectivity index (χ4n) is 4.27. The fourth-order valence-corrected chi connectivity index (χ4v) is 5.35. The van der Waals surface area contributed by atoms with Gasteiger partial charge in [-0.1, -0.05) is 41.9 Å². The second kappa shape index (κ2) is 11.7. The number of ether oxygens (including phenoxy) is 2. The summed E-state index contributed by atoms with van der Waals surface area (Å²) in [6, 6.07) is 24.0. The fraction of sp³-hybridized carbons (Fsp3) is 0.129. The van der Waals surface area contributed by atoms with Gasteiger partial charge in [0.2, 0.25) is 0 Å². The highest BCUT2D eigenvalue weighted by Gasteiger charge is 2.24. The second-order valence-corrected chi connectivity index (χ2v) is 9.88. The molecule has 0 aliphatic carbocycles. The Balaban J connectivity index is 1.55. The van der Waals surface area contributed by atoms with Gasteiger partial charge in [0.25, 0.3) is 5.91 Å². The van der Waals surface area contributed by atoms with Crippen LogP contribution in [0.5, 0.6) is 5.75 Å². The van der Waals surface area contributed by atoms with E-state index in [0.717, 1.165) is 16.9 Å². The molecule has 0 saturated heterocycles. The van der Waals surface area contributed by atoms with Gasteiger partial charge in [0, 0.05) is 26.9 Å². The van der Waals surface area contributed by atoms with Gasteiger partial charge in [-0.25, -0.2) is 9.78 Å². The first-order valence-electron chi connectivity index (χ1n) is 12.5. The van der Waals surface area contributed by atoms with Crippen molar-refractivity contribution in [2.24, 2.45) is 0 Å². The van der Waals surface area contributed by atoms with Gasteiger partial charge in [0.1, 0.15) is 16.3 Å². The normalized spacial score (nSPS) is 10.8. The summed E-state index contributed by atoms with van der Waals surface area (Å²) in [5.41, 5.74) is 4.41. The average Bonchev–Trinajstić information content (AvgIpc) is 3.37. The van der Waals surface area contributed by atoms with E-state index in [1.165, 1.54) is 11.3 Å². The van der Waals surface area contributed by atoms with Crippen LogP contribution < -0.4 is 10.1 Å².